The van der Waals surface area contributed by atoms with Crippen LogP contribution in [0.5, 0.6) is 11.5 Å². The van der Waals surface area contributed by atoms with Crippen LogP contribution in [0.25, 0.3) is 0 Å². The molecule has 3 rings (SSSR count). The Hall–Kier alpha value is -3.17. The van der Waals surface area contributed by atoms with Crippen LogP contribution in [0.1, 0.15) is 30.4 Å². The van der Waals surface area contributed by atoms with Crippen molar-refractivity contribution in [3.8, 4) is 11.5 Å². The molecule has 0 fully saturated rings. The number of hydrogen-bond acceptors (Lipinski definition) is 5. The van der Waals surface area contributed by atoms with Gasteiger partial charge in [0.1, 0.15) is 11.5 Å². The predicted octanol–water partition coefficient (Wildman–Crippen LogP) is 6.91. The topological polar surface area (TPSA) is 93.7 Å². The monoisotopic (exact) mass is 616 g/mol. The molecular weight excluding hydrogens is 592 g/mol. The van der Waals surface area contributed by atoms with Crippen molar-refractivity contribution in [3.05, 3.63) is 80.7 Å². The van der Waals surface area contributed by atoms with Crippen LogP contribution in [0, 0.1) is 13.8 Å². The van der Waals surface area contributed by atoms with E-state index in [2.05, 4.69) is 42.5 Å². The quantitative estimate of drug-likeness (QED) is 0.241. The first-order chi connectivity index (χ1) is 17.2. The Morgan fingerprint density at radius 3 is 2.06 bits per heavy atom. The second kappa shape index (κ2) is 13.2. The highest BCUT2D eigenvalue weighted by Crippen LogP contribution is 2.26. The zero-order valence-electron chi connectivity index (χ0n) is 19.9. The fraction of sp³-hybridized carbons (Fsp3) is 0.222. The minimum Gasteiger partial charge on any atom is -0.457 e. The van der Waals surface area contributed by atoms with Crippen LogP contribution < -0.4 is 15.4 Å². The number of anilines is 2. The first kappa shape index (κ1) is 27.4. The summed E-state index contributed by atoms with van der Waals surface area (Å²) in [6.07, 6.45) is 0.495. The van der Waals surface area contributed by atoms with Crippen molar-refractivity contribution in [2.45, 2.75) is 33.1 Å². The molecule has 0 atom stereocenters. The average molecular weight is 618 g/mol. The van der Waals surface area contributed by atoms with Gasteiger partial charge in [0, 0.05) is 33.2 Å². The van der Waals surface area contributed by atoms with Gasteiger partial charge < -0.3 is 20.1 Å². The summed E-state index contributed by atoms with van der Waals surface area (Å²) in [6.45, 7) is 3.47. The molecule has 3 aromatic rings. The summed E-state index contributed by atoms with van der Waals surface area (Å²) in [4.78, 5) is 36.3. The summed E-state index contributed by atoms with van der Waals surface area (Å²) in [7, 11) is 0. The van der Waals surface area contributed by atoms with Gasteiger partial charge in [-0.05, 0) is 92.1 Å². The van der Waals surface area contributed by atoms with Gasteiger partial charge in [0.25, 0.3) is 5.91 Å². The van der Waals surface area contributed by atoms with E-state index in [1.54, 1.807) is 30.3 Å². The van der Waals surface area contributed by atoms with Gasteiger partial charge in [-0.3, -0.25) is 14.4 Å². The first-order valence-electron chi connectivity index (χ1n) is 11.3. The molecule has 36 heavy (non-hydrogen) atoms. The van der Waals surface area contributed by atoms with Gasteiger partial charge in [0.15, 0.2) is 6.61 Å². The fourth-order valence-corrected chi connectivity index (χ4v) is 3.88. The Morgan fingerprint density at radius 1 is 0.750 bits per heavy atom. The largest absolute Gasteiger partial charge is 0.457 e. The minimum absolute atomic E-state index is 0.0388. The van der Waals surface area contributed by atoms with Gasteiger partial charge >= 0.3 is 5.97 Å². The van der Waals surface area contributed by atoms with Crippen LogP contribution in [-0.2, 0) is 19.1 Å². The number of rotatable bonds is 10. The number of hydrogen-bond donors (Lipinski definition) is 2. The lowest BCUT2D eigenvalue weighted by atomic mass is 10.1. The second-order valence-electron chi connectivity index (χ2n) is 8.04. The van der Waals surface area contributed by atoms with Gasteiger partial charge in [-0.2, -0.15) is 0 Å². The molecule has 2 N–H and O–H groups in total. The molecule has 0 radical (unpaired) electrons. The normalized spacial score (nSPS) is 10.4. The summed E-state index contributed by atoms with van der Waals surface area (Å²) in [5.41, 5.74) is 3.25. The number of benzene rings is 3. The Balaban J connectivity index is 1.34. The predicted molar refractivity (Wildman–Crippen MR) is 146 cm³/mol. The Bertz CT molecular complexity index is 1230. The van der Waals surface area contributed by atoms with Crippen molar-refractivity contribution < 1.29 is 23.9 Å². The zero-order chi connectivity index (χ0) is 26.1. The van der Waals surface area contributed by atoms with E-state index < -0.39 is 11.9 Å². The van der Waals surface area contributed by atoms with Crippen molar-refractivity contribution >= 4 is 61.0 Å². The van der Waals surface area contributed by atoms with Crippen LogP contribution in [-0.4, -0.2) is 24.4 Å². The fourth-order valence-electron chi connectivity index (χ4n) is 3.19. The highest BCUT2D eigenvalue weighted by atomic mass is 79.9. The molecule has 3 aromatic carbocycles. The Kier molecular flexibility index (Phi) is 10.1. The molecule has 0 heterocycles. The first-order valence-corrected chi connectivity index (χ1v) is 12.8. The van der Waals surface area contributed by atoms with Crippen molar-refractivity contribution in [1.29, 1.82) is 0 Å². The van der Waals surface area contributed by atoms with Crippen LogP contribution in [0.3, 0.4) is 0 Å². The third-order valence-electron chi connectivity index (χ3n) is 5.33. The van der Waals surface area contributed by atoms with Gasteiger partial charge in [0.2, 0.25) is 5.91 Å². The van der Waals surface area contributed by atoms with E-state index in [4.69, 9.17) is 9.47 Å². The molecule has 0 aliphatic heterocycles. The van der Waals surface area contributed by atoms with Crippen LogP contribution in [0.15, 0.2) is 69.6 Å². The van der Waals surface area contributed by atoms with Crippen molar-refractivity contribution in [1.82, 2.24) is 0 Å². The van der Waals surface area contributed by atoms with E-state index in [9.17, 15) is 14.4 Å². The number of esters is 1. The average Bonchev–Trinajstić information content (AvgIpc) is 2.86. The maximum Gasteiger partial charge on any atom is 0.306 e. The highest BCUT2D eigenvalue weighted by molar-refractivity contribution is 9.10. The lowest BCUT2D eigenvalue weighted by Crippen LogP contribution is -2.21. The smallest absolute Gasteiger partial charge is 0.306 e. The number of amides is 2. The molecule has 0 aliphatic carbocycles. The molecule has 0 saturated heterocycles. The molecule has 9 heteroatoms. The van der Waals surface area contributed by atoms with Crippen molar-refractivity contribution in [2.75, 3.05) is 17.2 Å². The molecule has 0 aliphatic rings. The molecule has 0 saturated carbocycles. The Morgan fingerprint density at radius 2 is 1.39 bits per heavy atom. The van der Waals surface area contributed by atoms with Gasteiger partial charge in [-0.15, -0.1) is 0 Å². The summed E-state index contributed by atoms with van der Waals surface area (Å²) >= 11 is 6.83. The number of carbonyl (C=O) groups excluding carboxylic acids is 3. The standard InChI is InChI=1S/C27H26Br2N2O5/c1-17-18(2)24(15-14-23(17)29)31-26(33)16-35-27(34)5-3-4-25(32)30-20-8-12-22(13-9-20)36-21-10-6-19(28)7-11-21/h6-15H,3-5,16H2,1-2H3,(H,30,32)(H,31,33). The minimum atomic E-state index is -0.531. The third kappa shape index (κ3) is 8.49. The maximum atomic E-state index is 12.2. The van der Waals surface area contributed by atoms with Crippen LogP contribution in [0.2, 0.25) is 0 Å². The maximum absolute atomic E-state index is 12.2. The molecule has 0 spiro atoms. The molecule has 0 bridgehead atoms. The Labute approximate surface area is 226 Å². The SMILES string of the molecule is Cc1c(Br)ccc(NC(=O)COC(=O)CCCC(=O)Nc2ccc(Oc3ccc(Br)cc3)cc2)c1C. The van der Waals surface area contributed by atoms with Gasteiger partial charge in [-0.25, -0.2) is 0 Å². The number of nitrogens with one attached hydrogen (secondary N) is 2. The number of halogens is 2. The summed E-state index contributed by atoms with van der Waals surface area (Å²) in [5, 5.41) is 5.53. The van der Waals surface area contributed by atoms with Crippen LogP contribution in [0.4, 0.5) is 11.4 Å². The van der Waals surface area contributed by atoms with E-state index in [1.807, 2.05) is 44.2 Å². The molecular formula is C27H26Br2N2O5. The summed E-state index contributed by atoms with van der Waals surface area (Å²) in [5.74, 6) is 0.184. The van der Waals surface area contributed by atoms with Crippen molar-refractivity contribution in [2.24, 2.45) is 0 Å². The van der Waals surface area contributed by atoms with E-state index >= 15 is 0 Å². The summed E-state index contributed by atoms with van der Waals surface area (Å²) in [6, 6.07) is 18.1. The molecule has 7 nitrogen and oxygen atoms in total. The van der Waals surface area contributed by atoms with E-state index in [-0.39, 0.29) is 25.4 Å². The molecule has 188 valence electrons. The molecule has 0 unspecified atom stereocenters. The lowest BCUT2D eigenvalue weighted by Gasteiger charge is -2.12. The van der Waals surface area contributed by atoms with E-state index in [1.165, 1.54) is 0 Å². The van der Waals surface area contributed by atoms with Crippen molar-refractivity contribution in [3.63, 3.8) is 0 Å². The molecule has 0 aromatic heterocycles. The van der Waals surface area contributed by atoms with E-state index in [0.717, 1.165) is 20.1 Å². The number of carbonyl (C=O) groups is 3. The highest BCUT2D eigenvalue weighted by Gasteiger charge is 2.12. The van der Waals surface area contributed by atoms with Gasteiger partial charge in [0.05, 0.1) is 0 Å². The summed E-state index contributed by atoms with van der Waals surface area (Å²) < 4.78 is 12.7. The zero-order valence-corrected chi connectivity index (χ0v) is 23.1. The third-order valence-corrected chi connectivity index (χ3v) is 6.72. The lowest BCUT2D eigenvalue weighted by molar-refractivity contribution is -0.147. The van der Waals surface area contributed by atoms with Crippen LogP contribution >= 0.6 is 31.9 Å². The second-order valence-corrected chi connectivity index (χ2v) is 9.81. The van der Waals surface area contributed by atoms with Gasteiger partial charge in [-0.1, -0.05) is 31.9 Å². The molecule has 2 amide bonds. The van der Waals surface area contributed by atoms with E-state index in [0.29, 0.717) is 29.3 Å². The number of ether oxygens (including phenoxy) is 2.